The van der Waals surface area contributed by atoms with Gasteiger partial charge in [0.2, 0.25) is 6.39 Å². The van der Waals surface area contributed by atoms with Gasteiger partial charge < -0.3 is 4.52 Å². The van der Waals surface area contributed by atoms with Crippen molar-refractivity contribution in [3.05, 3.63) is 41.5 Å². The van der Waals surface area contributed by atoms with Crippen molar-refractivity contribution in [1.82, 2.24) is 10.1 Å². The third-order valence-electron chi connectivity index (χ3n) is 2.83. The first-order valence-corrected chi connectivity index (χ1v) is 5.39. The van der Waals surface area contributed by atoms with E-state index in [0.29, 0.717) is 17.1 Å². The number of aryl methyl sites for hydroxylation is 1. The van der Waals surface area contributed by atoms with Gasteiger partial charge in [-0.1, -0.05) is 16.8 Å². The van der Waals surface area contributed by atoms with Crippen LogP contribution in [0.5, 0.6) is 0 Å². The Morgan fingerprint density at radius 1 is 1.33 bits per heavy atom. The summed E-state index contributed by atoms with van der Waals surface area (Å²) in [5.74, 6) is -0.679. The van der Waals surface area contributed by atoms with Crippen LogP contribution in [0.1, 0.15) is 21.7 Å². The average molecular weight is 243 g/mol. The highest BCUT2D eigenvalue weighted by molar-refractivity contribution is 6.52. The van der Waals surface area contributed by atoms with Crippen molar-refractivity contribution >= 4 is 17.4 Å². The van der Waals surface area contributed by atoms with Crippen molar-refractivity contribution in [2.45, 2.75) is 13.5 Å². The molecule has 0 spiro atoms. The maximum absolute atomic E-state index is 11.9. The van der Waals surface area contributed by atoms with Crippen LogP contribution in [0.15, 0.2) is 29.1 Å². The minimum atomic E-state index is -0.555. The average Bonchev–Trinajstić information content (AvgIpc) is 2.94. The standard InChI is InChI=1S/C12H9N3O3/c1-7-2-3-9-8(4-7)11(16)12(17)15(9)5-10-13-6-18-14-10/h2-4,6H,5H2,1H3. The molecule has 0 bridgehead atoms. The molecule has 0 radical (unpaired) electrons. The van der Waals surface area contributed by atoms with Gasteiger partial charge >= 0.3 is 0 Å². The van der Waals surface area contributed by atoms with Gasteiger partial charge in [-0.05, 0) is 19.1 Å². The molecule has 2 heterocycles. The van der Waals surface area contributed by atoms with Crippen molar-refractivity contribution in [2.24, 2.45) is 0 Å². The first-order chi connectivity index (χ1) is 8.66. The summed E-state index contributed by atoms with van der Waals surface area (Å²) in [4.78, 5) is 28.9. The smallest absolute Gasteiger partial charge is 0.299 e. The molecule has 90 valence electrons. The highest BCUT2D eigenvalue weighted by Crippen LogP contribution is 2.30. The summed E-state index contributed by atoms with van der Waals surface area (Å²) in [5.41, 5.74) is 1.97. The molecule has 1 amide bonds. The van der Waals surface area contributed by atoms with Crippen molar-refractivity contribution in [2.75, 3.05) is 4.90 Å². The molecule has 2 aromatic rings. The monoisotopic (exact) mass is 243 g/mol. The number of anilines is 1. The summed E-state index contributed by atoms with van der Waals surface area (Å²) in [6.45, 7) is 2.01. The minimum absolute atomic E-state index is 0.136. The third kappa shape index (κ3) is 1.50. The number of carbonyl (C=O) groups is 2. The molecule has 1 aliphatic rings. The quantitative estimate of drug-likeness (QED) is 0.738. The zero-order valence-electron chi connectivity index (χ0n) is 9.58. The Hall–Kier alpha value is -2.50. The molecule has 0 saturated heterocycles. The fraction of sp³-hybridized carbons (Fsp3) is 0.167. The highest BCUT2D eigenvalue weighted by Gasteiger charge is 2.36. The summed E-state index contributed by atoms with van der Waals surface area (Å²) in [5, 5.41) is 3.64. The van der Waals surface area contributed by atoms with Crippen molar-refractivity contribution < 1.29 is 14.1 Å². The van der Waals surface area contributed by atoms with E-state index in [1.165, 1.54) is 11.3 Å². The summed E-state index contributed by atoms with van der Waals surface area (Å²) in [6, 6.07) is 5.33. The Labute approximate surface area is 102 Å². The molecule has 6 heteroatoms. The summed E-state index contributed by atoms with van der Waals surface area (Å²) < 4.78 is 4.61. The lowest BCUT2D eigenvalue weighted by molar-refractivity contribution is -0.114. The third-order valence-corrected chi connectivity index (χ3v) is 2.83. The normalized spacial score (nSPS) is 14.2. The molecule has 0 unspecified atom stereocenters. The molecular weight excluding hydrogens is 234 g/mol. The van der Waals surface area contributed by atoms with Gasteiger partial charge in [0.05, 0.1) is 17.8 Å². The second kappa shape index (κ2) is 3.76. The summed E-state index contributed by atoms with van der Waals surface area (Å²) in [6.07, 6.45) is 1.19. The number of hydrogen-bond donors (Lipinski definition) is 0. The number of fused-ring (bicyclic) bond motifs is 1. The summed E-state index contributed by atoms with van der Waals surface area (Å²) >= 11 is 0. The molecule has 1 aliphatic heterocycles. The van der Waals surface area contributed by atoms with Crippen LogP contribution in [-0.4, -0.2) is 21.8 Å². The van der Waals surface area contributed by atoms with Gasteiger partial charge in [-0.2, -0.15) is 4.98 Å². The van der Waals surface area contributed by atoms with Crippen LogP contribution in [0.25, 0.3) is 0 Å². The van der Waals surface area contributed by atoms with Crippen LogP contribution in [0, 0.1) is 6.92 Å². The lowest BCUT2D eigenvalue weighted by Gasteiger charge is -2.13. The largest absolute Gasteiger partial charge is 0.343 e. The molecule has 0 atom stereocenters. The zero-order valence-corrected chi connectivity index (χ0v) is 9.58. The first kappa shape index (κ1) is 10.6. The number of benzene rings is 1. The predicted molar refractivity (Wildman–Crippen MR) is 61.0 cm³/mol. The van der Waals surface area contributed by atoms with Gasteiger partial charge in [-0.15, -0.1) is 0 Å². The van der Waals surface area contributed by atoms with Gasteiger partial charge in [-0.3, -0.25) is 14.5 Å². The second-order valence-electron chi connectivity index (χ2n) is 4.09. The van der Waals surface area contributed by atoms with E-state index < -0.39 is 11.7 Å². The van der Waals surface area contributed by atoms with Crippen LogP contribution >= 0.6 is 0 Å². The Morgan fingerprint density at radius 2 is 2.17 bits per heavy atom. The van der Waals surface area contributed by atoms with E-state index in [2.05, 4.69) is 14.7 Å². The molecule has 0 aliphatic carbocycles. The number of hydrogen-bond acceptors (Lipinski definition) is 5. The molecule has 18 heavy (non-hydrogen) atoms. The van der Waals surface area contributed by atoms with Gasteiger partial charge in [0, 0.05) is 0 Å². The highest BCUT2D eigenvalue weighted by atomic mass is 16.5. The maximum Gasteiger partial charge on any atom is 0.299 e. The minimum Gasteiger partial charge on any atom is -0.343 e. The van der Waals surface area contributed by atoms with Gasteiger partial charge in [0.15, 0.2) is 5.82 Å². The van der Waals surface area contributed by atoms with Crippen molar-refractivity contribution in [1.29, 1.82) is 0 Å². The van der Waals surface area contributed by atoms with Crippen molar-refractivity contribution in [3.8, 4) is 0 Å². The van der Waals surface area contributed by atoms with Crippen molar-refractivity contribution in [3.63, 3.8) is 0 Å². The predicted octanol–water partition coefficient (Wildman–Crippen LogP) is 1.11. The van der Waals surface area contributed by atoms with Crippen LogP contribution < -0.4 is 4.90 Å². The molecule has 1 aromatic carbocycles. The number of Topliss-reactive ketones (excluding diaryl/α,β-unsaturated/α-hetero) is 1. The second-order valence-corrected chi connectivity index (χ2v) is 4.09. The Kier molecular flexibility index (Phi) is 2.22. The SMILES string of the molecule is Cc1ccc2c(c1)C(=O)C(=O)N2Cc1ncon1. The molecule has 6 nitrogen and oxygen atoms in total. The number of rotatable bonds is 2. The van der Waals surface area contributed by atoms with E-state index in [1.807, 2.05) is 13.0 Å². The van der Waals surface area contributed by atoms with Gasteiger partial charge in [0.1, 0.15) is 0 Å². The number of aromatic nitrogens is 2. The Morgan fingerprint density at radius 3 is 2.89 bits per heavy atom. The Bertz CT molecular complexity index is 634. The lowest BCUT2D eigenvalue weighted by atomic mass is 10.1. The lowest BCUT2D eigenvalue weighted by Crippen LogP contribution is -2.29. The molecule has 3 rings (SSSR count). The van der Waals surface area contributed by atoms with Gasteiger partial charge in [0.25, 0.3) is 11.7 Å². The van der Waals surface area contributed by atoms with E-state index in [9.17, 15) is 9.59 Å². The van der Waals surface area contributed by atoms with Crippen LogP contribution in [0.4, 0.5) is 5.69 Å². The molecule has 1 aromatic heterocycles. The van der Waals surface area contributed by atoms with E-state index in [1.54, 1.807) is 12.1 Å². The van der Waals surface area contributed by atoms with Crippen LogP contribution in [0.3, 0.4) is 0 Å². The number of nitrogens with zero attached hydrogens (tertiary/aromatic N) is 3. The molecular formula is C12H9N3O3. The maximum atomic E-state index is 11.9. The molecule has 0 saturated carbocycles. The summed E-state index contributed by atoms with van der Waals surface area (Å²) in [7, 11) is 0. The van der Waals surface area contributed by atoms with Crippen LogP contribution in [0.2, 0.25) is 0 Å². The first-order valence-electron chi connectivity index (χ1n) is 5.39. The zero-order chi connectivity index (χ0) is 12.7. The molecule has 0 N–H and O–H groups in total. The van der Waals surface area contributed by atoms with E-state index in [0.717, 1.165) is 5.56 Å². The van der Waals surface area contributed by atoms with Gasteiger partial charge in [-0.25, -0.2) is 0 Å². The Balaban J connectivity index is 2.02. The topological polar surface area (TPSA) is 76.3 Å². The van der Waals surface area contributed by atoms with E-state index in [-0.39, 0.29) is 6.54 Å². The van der Waals surface area contributed by atoms with Crippen LogP contribution in [-0.2, 0) is 11.3 Å². The number of carbonyl (C=O) groups excluding carboxylic acids is 2. The fourth-order valence-corrected chi connectivity index (χ4v) is 1.97. The molecule has 0 fully saturated rings. The van der Waals surface area contributed by atoms with E-state index in [4.69, 9.17) is 0 Å². The van der Waals surface area contributed by atoms with E-state index >= 15 is 0 Å². The number of ketones is 1. The fourth-order valence-electron chi connectivity index (χ4n) is 1.97. The number of amides is 1.